The minimum absolute atomic E-state index is 0.0689. The van der Waals surface area contributed by atoms with Crippen molar-refractivity contribution in [2.24, 2.45) is 17.1 Å². The number of carbonyl (C=O) groups excluding carboxylic acids is 1. The molecular formula is C10H17F2NO2. The number of rotatable bonds is 6. The molecule has 0 aliphatic heterocycles. The van der Waals surface area contributed by atoms with Crippen LogP contribution in [0.25, 0.3) is 0 Å². The largest absolute Gasteiger partial charge is 0.469 e. The Bertz CT molecular complexity index is 225. The van der Waals surface area contributed by atoms with Crippen LogP contribution >= 0.6 is 0 Å². The maximum Gasteiger partial charge on any atom is 0.313 e. The Morgan fingerprint density at radius 1 is 1.60 bits per heavy atom. The molecule has 1 aliphatic rings. The van der Waals surface area contributed by atoms with Crippen LogP contribution in [0.4, 0.5) is 8.78 Å². The van der Waals surface area contributed by atoms with Gasteiger partial charge in [0.1, 0.15) is 0 Å². The molecule has 0 aromatic rings. The number of hydrogen-bond donors (Lipinski definition) is 1. The number of alkyl halides is 2. The molecule has 0 heterocycles. The maximum atomic E-state index is 12.4. The van der Waals surface area contributed by atoms with Crippen molar-refractivity contribution in [2.75, 3.05) is 13.7 Å². The fourth-order valence-corrected chi connectivity index (χ4v) is 1.89. The molecule has 0 radical (unpaired) electrons. The first-order chi connectivity index (χ1) is 7.04. The number of halogens is 2. The van der Waals surface area contributed by atoms with Crippen molar-refractivity contribution in [3.63, 3.8) is 0 Å². The molecule has 0 bridgehead atoms. The monoisotopic (exact) mass is 221 g/mol. The summed E-state index contributed by atoms with van der Waals surface area (Å²) in [6.07, 6.45) is -0.580. The molecule has 5 heteroatoms. The van der Waals surface area contributed by atoms with E-state index >= 15 is 0 Å². The number of nitrogens with two attached hydrogens (primary N) is 1. The van der Waals surface area contributed by atoms with Crippen LogP contribution in [-0.2, 0) is 9.53 Å². The summed E-state index contributed by atoms with van der Waals surface area (Å²) in [6, 6.07) is 0. The van der Waals surface area contributed by atoms with Crippen molar-refractivity contribution in [3.8, 4) is 0 Å². The van der Waals surface area contributed by atoms with Crippen LogP contribution in [0.2, 0.25) is 0 Å². The van der Waals surface area contributed by atoms with Crippen LogP contribution < -0.4 is 5.73 Å². The molecule has 1 saturated carbocycles. The zero-order valence-corrected chi connectivity index (χ0v) is 8.84. The standard InChI is InChI=1S/C10H17F2NO2/c1-15-9(14)10(6-13,5-8(11)12)4-7-2-3-7/h7-8H,2-6,13H2,1H3. The first-order valence-corrected chi connectivity index (χ1v) is 5.10. The van der Waals surface area contributed by atoms with Gasteiger partial charge in [0.05, 0.1) is 12.5 Å². The molecule has 1 fully saturated rings. The van der Waals surface area contributed by atoms with Crippen molar-refractivity contribution in [2.45, 2.75) is 32.1 Å². The van der Waals surface area contributed by atoms with Crippen molar-refractivity contribution in [1.82, 2.24) is 0 Å². The topological polar surface area (TPSA) is 52.3 Å². The third-order valence-electron chi connectivity index (χ3n) is 2.93. The quantitative estimate of drug-likeness (QED) is 0.692. The van der Waals surface area contributed by atoms with Crippen molar-refractivity contribution in [3.05, 3.63) is 0 Å². The Kier molecular flexibility index (Phi) is 4.02. The Morgan fingerprint density at radius 3 is 2.53 bits per heavy atom. The van der Waals surface area contributed by atoms with E-state index in [1.54, 1.807) is 0 Å². The van der Waals surface area contributed by atoms with Gasteiger partial charge in [-0.15, -0.1) is 0 Å². The highest BCUT2D eigenvalue weighted by Gasteiger charge is 2.44. The SMILES string of the molecule is COC(=O)C(CN)(CC(F)F)CC1CC1. The number of esters is 1. The lowest BCUT2D eigenvalue weighted by molar-refractivity contribution is -0.155. The van der Waals surface area contributed by atoms with Crippen molar-refractivity contribution >= 4 is 5.97 Å². The second kappa shape index (κ2) is 4.88. The average Bonchev–Trinajstić information content (AvgIpc) is 2.98. The Hall–Kier alpha value is -0.710. The predicted octanol–water partition coefficient (Wildman–Crippen LogP) is 1.56. The number of carbonyl (C=O) groups is 1. The smallest absolute Gasteiger partial charge is 0.313 e. The summed E-state index contributed by atoms with van der Waals surface area (Å²) in [6.45, 7) is -0.0689. The van der Waals surface area contributed by atoms with Crippen LogP contribution in [0, 0.1) is 11.3 Å². The molecule has 1 atom stereocenters. The summed E-state index contributed by atoms with van der Waals surface area (Å²) in [7, 11) is 1.21. The summed E-state index contributed by atoms with van der Waals surface area (Å²) in [5, 5.41) is 0. The summed E-state index contributed by atoms with van der Waals surface area (Å²) in [4.78, 5) is 11.5. The van der Waals surface area contributed by atoms with Gasteiger partial charge in [-0.1, -0.05) is 12.8 Å². The molecule has 0 aromatic heterocycles. The van der Waals surface area contributed by atoms with E-state index in [9.17, 15) is 13.6 Å². The molecule has 1 aliphatic carbocycles. The summed E-state index contributed by atoms with van der Waals surface area (Å²) < 4.78 is 29.4. The van der Waals surface area contributed by atoms with Crippen LogP contribution in [-0.4, -0.2) is 26.0 Å². The lowest BCUT2D eigenvalue weighted by Gasteiger charge is -2.29. The third-order valence-corrected chi connectivity index (χ3v) is 2.93. The number of hydrogen-bond acceptors (Lipinski definition) is 3. The van der Waals surface area contributed by atoms with Gasteiger partial charge in [-0.05, 0) is 12.3 Å². The molecule has 0 spiro atoms. The summed E-state index contributed by atoms with van der Waals surface area (Å²) in [5.41, 5.74) is 4.30. The summed E-state index contributed by atoms with van der Waals surface area (Å²) in [5.74, 6) is -0.233. The second-order valence-corrected chi connectivity index (χ2v) is 4.22. The minimum Gasteiger partial charge on any atom is -0.469 e. The highest BCUT2D eigenvalue weighted by atomic mass is 19.3. The van der Waals surface area contributed by atoms with Crippen LogP contribution in [0.1, 0.15) is 25.7 Å². The first kappa shape index (κ1) is 12.4. The van der Waals surface area contributed by atoms with Crippen molar-refractivity contribution in [1.29, 1.82) is 0 Å². The van der Waals surface area contributed by atoms with E-state index in [1.807, 2.05) is 0 Å². The van der Waals surface area contributed by atoms with Crippen LogP contribution in [0.5, 0.6) is 0 Å². The first-order valence-electron chi connectivity index (χ1n) is 5.10. The van der Waals surface area contributed by atoms with E-state index in [-0.39, 0.29) is 6.54 Å². The van der Waals surface area contributed by atoms with E-state index in [1.165, 1.54) is 7.11 Å². The number of ether oxygens (including phenoxy) is 1. The Labute approximate surface area is 88.0 Å². The van der Waals surface area contributed by atoms with Gasteiger partial charge in [-0.25, -0.2) is 8.78 Å². The van der Waals surface area contributed by atoms with Crippen LogP contribution in [0.3, 0.4) is 0 Å². The zero-order valence-electron chi connectivity index (χ0n) is 8.84. The molecule has 15 heavy (non-hydrogen) atoms. The van der Waals surface area contributed by atoms with Gasteiger partial charge in [-0.2, -0.15) is 0 Å². The molecule has 1 unspecified atom stereocenters. The van der Waals surface area contributed by atoms with E-state index in [2.05, 4.69) is 4.74 Å². The molecule has 1 rings (SSSR count). The van der Waals surface area contributed by atoms with E-state index in [0.29, 0.717) is 12.3 Å². The molecule has 0 saturated heterocycles. The second-order valence-electron chi connectivity index (χ2n) is 4.22. The fourth-order valence-electron chi connectivity index (χ4n) is 1.89. The summed E-state index contributed by atoms with van der Waals surface area (Å²) >= 11 is 0. The molecule has 3 nitrogen and oxygen atoms in total. The van der Waals surface area contributed by atoms with E-state index in [0.717, 1.165) is 12.8 Å². The molecule has 2 N–H and O–H groups in total. The normalized spacial score (nSPS) is 20.1. The zero-order chi connectivity index (χ0) is 11.5. The van der Waals surface area contributed by atoms with E-state index < -0.39 is 24.2 Å². The van der Waals surface area contributed by atoms with Gasteiger partial charge < -0.3 is 10.5 Å². The lowest BCUT2D eigenvalue weighted by Crippen LogP contribution is -2.41. The van der Waals surface area contributed by atoms with Gasteiger partial charge in [-0.3, -0.25) is 4.79 Å². The Morgan fingerprint density at radius 2 is 2.20 bits per heavy atom. The molecule has 0 aromatic carbocycles. The van der Waals surface area contributed by atoms with Gasteiger partial charge >= 0.3 is 5.97 Å². The van der Waals surface area contributed by atoms with Gasteiger partial charge in [0.25, 0.3) is 0 Å². The van der Waals surface area contributed by atoms with Crippen LogP contribution in [0.15, 0.2) is 0 Å². The third kappa shape index (κ3) is 3.12. The molecule has 0 amide bonds. The predicted molar refractivity (Wildman–Crippen MR) is 51.5 cm³/mol. The average molecular weight is 221 g/mol. The van der Waals surface area contributed by atoms with Gasteiger partial charge in [0.15, 0.2) is 0 Å². The maximum absolute atomic E-state index is 12.4. The highest BCUT2D eigenvalue weighted by molar-refractivity contribution is 5.77. The highest BCUT2D eigenvalue weighted by Crippen LogP contribution is 2.43. The Balaban J connectivity index is 2.72. The molecule has 88 valence electrons. The fraction of sp³-hybridized carbons (Fsp3) is 0.900. The lowest BCUT2D eigenvalue weighted by atomic mass is 9.79. The minimum atomic E-state index is -2.52. The van der Waals surface area contributed by atoms with Crippen molar-refractivity contribution < 1.29 is 18.3 Å². The van der Waals surface area contributed by atoms with Gasteiger partial charge in [0.2, 0.25) is 6.43 Å². The van der Waals surface area contributed by atoms with E-state index in [4.69, 9.17) is 5.73 Å². The number of methoxy groups -OCH3 is 1. The molecular weight excluding hydrogens is 204 g/mol. The van der Waals surface area contributed by atoms with Gasteiger partial charge in [0, 0.05) is 13.0 Å².